The highest BCUT2D eigenvalue weighted by molar-refractivity contribution is 6.31. The first-order chi connectivity index (χ1) is 7.93. The molecule has 0 aliphatic rings. The van der Waals surface area contributed by atoms with Crippen molar-refractivity contribution >= 4 is 23.2 Å². The molecule has 1 atom stereocenters. The van der Waals surface area contributed by atoms with Crippen LogP contribution in [0.2, 0.25) is 5.02 Å². The summed E-state index contributed by atoms with van der Waals surface area (Å²) in [5.41, 5.74) is 6.66. The molecule has 1 aromatic rings. The van der Waals surface area contributed by atoms with Crippen LogP contribution in [-0.2, 0) is 0 Å². The number of benzene rings is 1. The molecule has 94 valence electrons. The average molecular weight is 255 g/mol. The monoisotopic (exact) mass is 254 g/mol. The average Bonchev–Trinajstić information content (AvgIpc) is 2.23. The first kappa shape index (κ1) is 13.8. The quantitative estimate of drug-likeness (QED) is 0.812. The number of carbonyl (C=O) groups excluding carboxylic acids is 1. The lowest BCUT2D eigenvalue weighted by molar-refractivity contribution is 0.0924. The lowest BCUT2D eigenvalue weighted by atomic mass is 10.0. The van der Waals surface area contributed by atoms with Crippen LogP contribution in [0.15, 0.2) is 18.2 Å². The summed E-state index contributed by atoms with van der Waals surface area (Å²) in [6.07, 6.45) is 0.902. The van der Waals surface area contributed by atoms with Crippen molar-refractivity contribution in [2.24, 2.45) is 5.92 Å². The number of nitrogens with two attached hydrogens (primary N) is 1. The summed E-state index contributed by atoms with van der Waals surface area (Å²) < 4.78 is 0. The van der Waals surface area contributed by atoms with Gasteiger partial charge in [0.15, 0.2) is 0 Å². The van der Waals surface area contributed by atoms with E-state index < -0.39 is 0 Å². The molecule has 0 fully saturated rings. The highest BCUT2D eigenvalue weighted by Gasteiger charge is 2.15. The molecule has 1 amide bonds. The van der Waals surface area contributed by atoms with Crippen molar-refractivity contribution in [3.05, 3.63) is 28.8 Å². The van der Waals surface area contributed by atoms with E-state index in [0.29, 0.717) is 22.2 Å². The summed E-state index contributed by atoms with van der Waals surface area (Å²) >= 11 is 5.87. The predicted molar refractivity (Wildman–Crippen MR) is 72.2 cm³/mol. The molecule has 0 radical (unpaired) electrons. The number of rotatable bonds is 4. The Bertz CT molecular complexity index is 384. The van der Waals surface area contributed by atoms with Crippen LogP contribution in [0.1, 0.15) is 37.6 Å². The Hall–Kier alpha value is -1.22. The second-order valence-corrected chi connectivity index (χ2v) is 4.94. The molecule has 1 rings (SSSR count). The minimum absolute atomic E-state index is 0.125. The predicted octanol–water partition coefficient (Wildman–Crippen LogP) is 3.09. The first-order valence-corrected chi connectivity index (χ1v) is 6.18. The number of hydrogen-bond acceptors (Lipinski definition) is 2. The van der Waals surface area contributed by atoms with Crippen LogP contribution in [0.3, 0.4) is 0 Å². The van der Waals surface area contributed by atoms with Gasteiger partial charge in [0.2, 0.25) is 0 Å². The van der Waals surface area contributed by atoms with Gasteiger partial charge in [-0.3, -0.25) is 4.79 Å². The zero-order valence-electron chi connectivity index (χ0n) is 10.5. The van der Waals surface area contributed by atoms with E-state index in [-0.39, 0.29) is 11.9 Å². The third-order valence-corrected chi connectivity index (χ3v) is 2.96. The van der Waals surface area contributed by atoms with Crippen molar-refractivity contribution in [3.8, 4) is 0 Å². The Labute approximate surface area is 107 Å². The number of nitrogen functional groups attached to an aromatic ring is 1. The zero-order chi connectivity index (χ0) is 13.0. The Morgan fingerprint density at radius 1 is 1.41 bits per heavy atom. The van der Waals surface area contributed by atoms with Gasteiger partial charge >= 0.3 is 0 Å². The molecule has 0 saturated heterocycles. The minimum Gasteiger partial charge on any atom is -0.399 e. The second-order valence-electron chi connectivity index (χ2n) is 4.51. The second kappa shape index (κ2) is 5.92. The minimum atomic E-state index is -0.125. The summed E-state index contributed by atoms with van der Waals surface area (Å²) in [5, 5.41) is 3.46. The summed E-state index contributed by atoms with van der Waals surface area (Å²) in [4.78, 5) is 12.0. The van der Waals surface area contributed by atoms with Crippen LogP contribution >= 0.6 is 11.6 Å². The molecular weight excluding hydrogens is 236 g/mol. The lowest BCUT2D eigenvalue weighted by Gasteiger charge is -2.20. The smallest absolute Gasteiger partial charge is 0.251 e. The van der Waals surface area contributed by atoms with Crippen LogP contribution < -0.4 is 11.1 Å². The molecule has 3 N–H and O–H groups in total. The van der Waals surface area contributed by atoms with E-state index in [0.717, 1.165) is 6.42 Å². The number of hydrogen-bond donors (Lipinski definition) is 2. The summed E-state index contributed by atoms with van der Waals surface area (Å²) in [7, 11) is 0. The van der Waals surface area contributed by atoms with Gasteiger partial charge in [-0.25, -0.2) is 0 Å². The number of anilines is 1. The van der Waals surface area contributed by atoms with Crippen molar-refractivity contribution in [1.82, 2.24) is 5.32 Å². The number of nitrogens with one attached hydrogen (secondary N) is 1. The molecule has 0 aliphatic heterocycles. The maximum absolute atomic E-state index is 12.0. The molecule has 0 spiro atoms. The van der Waals surface area contributed by atoms with Crippen molar-refractivity contribution in [2.75, 3.05) is 5.73 Å². The van der Waals surface area contributed by atoms with E-state index >= 15 is 0 Å². The molecule has 3 nitrogen and oxygen atoms in total. The highest BCUT2D eigenvalue weighted by Crippen LogP contribution is 2.17. The van der Waals surface area contributed by atoms with Gasteiger partial charge in [-0.05, 0) is 30.5 Å². The van der Waals surface area contributed by atoms with Crippen molar-refractivity contribution in [2.45, 2.75) is 33.2 Å². The molecule has 0 bridgehead atoms. The van der Waals surface area contributed by atoms with E-state index in [4.69, 9.17) is 17.3 Å². The Morgan fingerprint density at radius 3 is 2.53 bits per heavy atom. The standard InChI is InChI=1S/C13H19ClN2O/c1-4-12(8(2)3)16-13(17)9-5-10(14)7-11(15)6-9/h5-8,12H,4,15H2,1-3H3,(H,16,17). The molecule has 4 heteroatoms. The number of halogens is 1. The van der Waals surface area contributed by atoms with E-state index in [1.165, 1.54) is 0 Å². The van der Waals surface area contributed by atoms with Crippen LogP contribution in [-0.4, -0.2) is 11.9 Å². The van der Waals surface area contributed by atoms with Crippen molar-refractivity contribution in [3.63, 3.8) is 0 Å². The van der Waals surface area contributed by atoms with Crippen LogP contribution in [0.4, 0.5) is 5.69 Å². The molecule has 0 heterocycles. The van der Waals surface area contributed by atoms with Gasteiger partial charge in [0, 0.05) is 22.3 Å². The zero-order valence-corrected chi connectivity index (χ0v) is 11.2. The van der Waals surface area contributed by atoms with Crippen LogP contribution in [0, 0.1) is 5.92 Å². The molecule has 1 unspecified atom stereocenters. The molecule has 1 aromatic carbocycles. The van der Waals surface area contributed by atoms with Gasteiger partial charge in [0.1, 0.15) is 0 Å². The van der Waals surface area contributed by atoms with Crippen molar-refractivity contribution in [1.29, 1.82) is 0 Å². The Kier molecular flexibility index (Phi) is 4.82. The van der Waals surface area contributed by atoms with E-state index in [1.54, 1.807) is 18.2 Å². The first-order valence-electron chi connectivity index (χ1n) is 5.81. The van der Waals surface area contributed by atoms with Gasteiger partial charge in [-0.15, -0.1) is 0 Å². The fourth-order valence-electron chi connectivity index (χ4n) is 1.74. The summed E-state index contributed by atoms with van der Waals surface area (Å²) in [5.74, 6) is 0.278. The van der Waals surface area contributed by atoms with Crippen LogP contribution in [0.5, 0.6) is 0 Å². The normalized spacial score (nSPS) is 12.5. The molecule has 0 aliphatic carbocycles. The third-order valence-electron chi connectivity index (χ3n) is 2.74. The van der Waals surface area contributed by atoms with Gasteiger partial charge in [-0.1, -0.05) is 32.4 Å². The highest BCUT2D eigenvalue weighted by atomic mass is 35.5. The summed E-state index contributed by atoms with van der Waals surface area (Å²) in [6, 6.07) is 5.05. The van der Waals surface area contributed by atoms with Gasteiger partial charge in [0.25, 0.3) is 5.91 Å². The van der Waals surface area contributed by atoms with Crippen molar-refractivity contribution < 1.29 is 4.79 Å². The topological polar surface area (TPSA) is 55.1 Å². The molecule has 0 aromatic heterocycles. The van der Waals surface area contributed by atoms with Crippen LogP contribution in [0.25, 0.3) is 0 Å². The Balaban J connectivity index is 2.82. The van der Waals surface area contributed by atoms with Gasteiger partial charge in [0.05, 0.1) is 0 Å². The van der Waals surface area contributed by atoms with E-state index in [2.05, 4.69) is 26.1 Å². The van der Waals surface area contributed by atoms with E-state index in [1.807, 2.05) is 0 Å². The number of carbonyl (C=O) groups is 1. The number of amides is 1. The van der Waals surface area contributed by atoms with Gasteiger partial charge in [-0.2, -0.15) is 0 Å². The SMILES string of the molecule is CCC(NC(=O)c1cc(N)cc(Cl)c1)C(C)C. The Morgan fingerprint density at radius 2 is 2.06 bits per heavy atom. The van der Waals surface area contributed by atoms with Gasteiger partial charge < -0.3 is 11.1 Å². The lowest BCUT2D eigenvalue weighted by Crippen LogP contribution is -2.38. The van der Waals surface area contributed by atoms with E-state index in [9.17, 15) is 4.79 Å². The molecule has 0 saturated carbocycles. The fraction of sp³-hybridized carbons (Fsp3) is 0.462. The summed E-state index contributed by atoms with van der Waals surface area (Å²) in [6.45, 7) is 6.22. The third kappa shape index (κ3) is 3.93. The maximum Gasteiger partial charge on any atom is 0.251 e. The largest absolute Gasteiger partial charge is 0.399 e. The molecule has 17 heavy (non-hydrogen) atoms. The maximum atomic E-state index is 12.0. The molecular formula is C13H19ClN2O. The fourth-order valence-corrected chi connectivity index (χ4v) is 1.98.